The summed E-state index contributed by atoms with van der Waals surface area (Å²) in [5, 5.41) is 16.5. The first-order valence-corrected chi connectivity index (χ1v) is 6.69. The molecule has 1 atom stereocenters. The zero-order valence-electron chi connectivity index (χ0n) is 12.6. The number of aliphatic carboxylic acids is 1. The van der Waals surface area contributed by atoms with E-state index in [0.29, 0.717) is 6.54 Å². The van der Waals surface area contributed by atoms with Gasteiger partial charge in [-0.05, 0) is 11.8 Å². The third-order valence-corrected chi connectivity index (χ3v) is 2.71. The van der Waals surface area contributed by atoms with E-state index in [1.165, 1.54) is 0 Å². The minimum atomic E-state index is -0.981. The molecule has 0 radical (unpaired) electrons. The number of nitrogens with one attached hydrogen (secondary N) is 3. The van der Waals surface area contributed by atoms with Crippen LogP contribution < -0.4 is 16.0 Å². The highest BCUT2D eigenvalue weighted by molar-refractivity contribution is 5.84. The normalized spacial score (nSPS) is 12.4. The predicted octanol–water partition coefficient (Wildman–Crippen LogP) is 0.701. The number of carboxylic acids is 1. The van der Waals surface area contributed by atoms with Crippen LogP contribution in [-0.2, 0) is 9.59 Å². The summed E-state index contributed by atoms with van der Waals surface area (Å²) in [6, 6.07) is -1.06. The van der Waals surface area contributed by atoms with Crippen LogP contribution in [0, 0.1) is 5.41 Å². The third-order valence-electron chi connectivity index (χ3n) is 2.71. The highest BCUT2D eigenvalue weighted by atomic mass is 16.4. The first-order chi connectivity index (χ1) is 9.16. The van der Waals surface area contributed by atoms with Gasteiger partial charge in [-0.3, -0.25) is 9.59 Å². The smallest absolute Gasteiger partial charge is 0.315 e. The Morgan fingerprint density at radius 2 is 1.75 bits per heavy atom. The van der Waals surface area contributed by atoms with E-state index < -0.39 is 18.0 Å². The number of carbonyl (C=O) groups is 3. The van der Waals surface area contributed by atoms with Crippen LogP contribution in [0.1, 0.15) is 40.5 Å². The second-order valence-corrected chi connectivity index (χ2v) is 5.69. The van der Waals surface area contributed by atoms with Gasteiger partial charge in [0.05, 0.1) is 13.0 Å². The van der Waals surface area contributed by atoms with E-state index in [4.69, 9.17) is 5.11 Å². The Kier molecular flexibility index (Phi) is 7.64. The molecule has 0 aromatic heterocycles. The molecule has 0 aromatic rings. The van der Waals surface area contributed by atoms with Crippen LogP contribution >= 0.6 is 0 Å². The van der Waals surface area contributed by atoms with E-state index in [2.05, 4.69) is 16.0 Å². The molecule has 0 saturated heterocycles. The van der Waals surface area contributed by atoms with Gasteiger partial charge in [0.25, 0.3) is 0 Å². The van der Waals surface area contributed by atoms with E-state index >= 15 is 0 Å². The summed E-state index contributed by atoms with van der Waals surface area (Å²) < 4.78 is 0. The Morgan fingerprint density at radius 3 is 2.20 bits per heavy atom. The van der Waals surface area contributed by atoms with Crippen molar-refractivity contribution in [3.05, 3.63) is 0 Å². The van der Waals surface area contributed by atoms with Crippen LogP contribution in [0.25, 0.3) is 0 Å². The van der Waals surface area contributed by atoms with Crippen molar-refractivity contribution in [3.8, 4) is 0 Å². The van der Waals surface area contributed by atoms with Gasteiger partial charge in [-0.25, -0.2) is 4.79 Å². The van der Waals surface area contributed by atoms with Crippen molar-refractivity contribution < 1.29 is 19.5 Å². The molecular weight excluding hydrogens is 262 g/mol. The summed E-state index contributed by atoms with van der Waals surface area (Å²) in [6.45, 7) is 7.89. The lowest BCUT2D eigenvalue weighted by atomic mass is 9.85. The molecule has 0 aliphatic rings. The van der Waals surface area contributed by atoms with Crippen LogP contribution in [0.15, 0.2) is 0 Å². The number of hydrogen-bond donors (Lipinski definition) is 4. The fourth-order valence-electron chi connectivity index (χ4n) is 1.45. The van der Waals surface area contributed by atoms with Crippen LogP contribution in [0.5, 0.6) is 0 Å². The molecule has 0 aromatic carbocycles. The molecule has 0 saturated carbocycles. The van der Waals surface area contributed by atoms with E-state index in [1.54, 1.807) is 0 Å². The fourth-order valence-corrected chi connectivity index (χ4v) is 1.45. The Labute approximate surface area is 119 Å². The minimum absolute atomic E-state index is 0.129. The van der Waals surface area contributed by atoms with Gasteiger partial charge in [-0.2, -0.15) is 0 Å². The first-order valence-electron chi connectivity index (χ1n) is 6.69. The lowest BCUT2D eigenvalue weighted by Crippen LogP contribution is -2.50. The van der Waals surface area contributed by atoms with Gasteiger partial charge in [0.2, 0.25) is 5.91 Å². The lowest BCUT2D eigenvalue weighted by molar-refractivity contribution is -0.138. The molecule has 116 valence electrons. The fraction of sp³-hybridized carbons (Fsp3) is 0.769. The number of hydrogen-bond acceptors (Lipinski definition) is 3. The topological polar surface area (TPSA) is 108 Å². The molecule has 20 heavy (non-hydrogen) atoms. The second kappa shape index (κ2) is 8.39. The van der Waals surface area contributed by atoms with E-state index in [1.807, 2.05) is 27.7 Å². The van der Waals surface area contributed by atoms with Crippen molar-refractivity contribution in [2.24, 2.45) is 5.41 Å². The Hall–Kier alpha value is -1.79. The maximum Gasteiger partial charge on any atom is 0.315 e. The second-order valence-electron chi connectivity index (χ2n) is 5.69. The molecule has 7 nitrogen and oxygen atoms in total. The number of urea groups is 1. The van der Waals surface area contributed by atoms with Gasteiger partial charge in [0.1, 0.15) is 0 Å². The molecule has 0 fully saturated rings. The number of rotatable bonds is 7. The molecular formula is C13H25N3O4. The van der Waals surface area contributed by atoms with Crippen molar-refractivity contribution in [2.45, 2.75) is 46.6 Å². The Bertz CT molecular complexity index is 350. The highest BCUT2D eigenvalue weighted by Crippen LogP contribution is 2.21. The molecule has 1 unspecified atom stereocenters. The third kappa shape index (κ3) is 8.34. The lowest BCUT2D eigenvalue weighted by Gasteiger charge is -2.30. The first kappa shape index (κ1) is 18.2. The minimum Gasteiger partial charge on any atom is -0.481 e. The Morgan fingerprint density at radius 1 is 1.15 bits per heavy atom. The van der Waals surface area contributed by atoms with Gasteiger partial charge in [-0.15, -0.1) is 0 Å². The summed E-state index contributed by atoms with van der Waals surface area (Å²) in [6.07, 6.45) is 0.654. The molecule has 0 bridgehead atoms. The summed E-state index contributed by atoms with van der Waals surface area (Å²) in [4.78, 5) is 33.8. The maximum absolute atomic E-state index is 11.7. The monoisotopic (exact) mass is 287 g/mol. The van der Waals surface area contributed by atoms with Gasteiger partial charge < -0.3 is 21.1 Å². The summed E-state index contributed by atoms with van der Waals surface area (Å²) in [7, 11) is 0. The molecule has 7 heteroatoms. The van der Waals surface area contributed by atoms with E-state index in [0.717, 1.165) is 6.42 Å². The van der Waals surface area contributed by atoms with E-state index in [-0.39, 0.29) is 24.3 Å². The zero-order valence-corrected chi connectivity index (χ0v) is 12.6. The van der Waals surface area contributed by atoms with Gasteiger partial charge >= 0.3 is 12.0 Å². The standard InChI is InChI=1S/C13H25N3O4/c1-5-6-14-10(17)8-15-12(20)16-9(7-11(18)19)13(2,3)4/h9H,5-8H2,1-4H3,(H,14,17)(H,18,19)(H2,15,16,20). The van der Waals surface area contributed by atoms with Gasteiger partial charge in [0.15, 0.2) is 0 Å². The maximum atomic E-state index is 11.7. The summed E-state index contributed by atoms with van der Waals surface area (Å²) in [5.74, 6) is -1.25. The van der Waals surface area contributed by atoms with Crippen LogP contribution in [0.3, 0.4) is 0 Å². The molecule has 4 N–H and O–H groups in total. The molecule has 3 amide bonds. The van der Waals surface area contributed by atoms with Gasteiger partial charge in [0, 0.05) is 12.6 Å². The predicted molar refractivity (Wildman–Crippen MR) is 75.3 cm³/mol. The number of carboxylic acid groups (broad SMARTS) is 1. The molecule has 0 rings (SSSR count). The van der Waals surface area contributed by atoms with Crippen LogP contribution in [0.4, 0.5) is 4.79 Å². The molecule has 0 aliphatic heterocycles. The largest absolute Gasteiger partial charge is 0.481 e. The highest BCUT2D eigenvalue weighted by Gasteiger charge is 2.28. The Balaban J connectivity index is 4.26. The van der Waals surface area contributed by atoms with Crippen molar-refractivity contribution in [2.75, 3.05) is 13.1 Å². The van der Waals surface area contributed by atoms with Crippen LogP contribution in [-0.4, -0.2) is 42.1 Å². The number of amides is 3. The van der Waals surface area contributed by atoms with Crippen LogP contribution in [0.2, 0.25) is 0 Å². The zero-order chi connectivity index (χ0) is 15.8. The van der Waals surface area contributed by atoms with E-state index in [9.17, 15) is 14.4 Å². The average Bonchev–Trinajstić information content (AvgIpc) is 2.31. The van der Waals surface area contributed by atoms with Crippen molar-refractivity contribution in [1.82, 2.24) is 16.0 Å². The summed E-state index contributed by atoms with van der Waals surface area (Å²) >= 11 is 0. The molecule has 0 spiro atoms. The van der Waals surface area contributed by atoms with Crippen molar-refractivity contribution >= 4 is 17.9 Å². The molecule has 0 aliphatic carbocycles. The van der Waals surface area contributed by atoms with Crippen molar-refractivity contribution in [3.63, 3.8) is 0 Å². The summed E-state index contributed by atoms with van der Waals surface area (Å²) in [5.41, 5.74) is -0.389. The van der Waals surface area contributed by atoms with Crippen molar-refractivity contribution in [1.29, 1.82) is 0 Å². The average molecular weight is 287 g/mol. The quantitative estimate of drug-likeness (QED) is 0.553. The molecule has 0 heterocycles. The number of carbonyl (C=O) groups excluding carboxylic acids is 2. The van der Waals surface area contributed by atoms with Gasteiger partial charge in [-0.1, -0.05) is 27.7 Å². The SMILES string of the molecule is CCCNC(=O)CNC(=O)NC(CC(=O)O)C(C)(C)C.